The molecule has 0 bridgehead atoms. The second-order valence-corrected chi connectivity index (χ2v) is 6.19. The van der Waals surface area contributed by atoms with Crippen LogP contribution in [0.5, 0.6) is 0 Å². The molecule has 0 spiro atoms. The molecule has 2 aromatic rings. The van der Waals surface area contributed by atoms with Crippen LogP contribution in [0.1, 0.15) is 30.0 Å². The lowest BCUT2D eigenvalue weighted by Crippen LogP contribution is -2.34. The Labute approximate surface area is 139 Å². The van der Waals surface area contributed by atoms with Crippen LogP contribution in [0.4, 0.5) is 10.1 Å². The first-order valence-corrected chi connectivity index (χ1v) is 8.02. The molecule has 0 saturated heterocycles. The zero-order chi connectivity index (χ0) is 15.5. The van der Waals surface area contributed by atoms with Crippen molar-refractivity contribution in [3.8, 4) is 0 Å². The number of halogens is 2. The Morgan fingerprint density at radius 2 is 2.05 bits per heavy atom. The summed E-state index contributed by atoms with van der Waals surface area (Å²) in [7, 11) is 0. The van der Waals surface area contributed by atoms with Crippen molar-refractivity contribution < 1.29 is 4.39 Å². The summed E-state index contributed by atoms with van der Waals surface area (Å²) >= 11 is 11.1. The van der Waals surface area contributed by atoms with Crippen LogP contribution in [0.25, 0.3) is 0 Å². The first-order valence-electron chi connectivity index (χ1n) is 7.24. The third-order valence-corrected chi connectivity index (χ3v) is 4.36. The molecule has 1 unspecified atom stereocenters. The minimum atomic E-state index is -0.438. The lowest BCUT2D eigenvalue weighted by atomic mass is 9.88. The van der Waals surface area contributed by atoms with E-state index < -0.39 is 5.82 Å². The number of rotatable bonds is 2. The maximum absolute atomic E-state index is 13.2. The highest BCUT2D eigenvalue weighted by Crippen LogP contribution is 2.29. The molecule has 1 atom stereocenters. The molecule has 2 nitrogen and oxygen atoms in total. The molecule has 0 amide bonds. The van der Waals surface area contributed by atoms with Crippen molar-refractivity contribution in [2.24, 2.45) is 0 Å². The molecular formula is C17H16ClFN2S. The minimum absolute atomic E-state index is 0.0795. The molecule has 0 radical (unpaired) electrons. The van der Waals surface area contributed by atoms with Gasteiger partial charge in [0.15, 0.2) is 5.11 Å². The van der Waals surface area contributed by atoms with Gasteiger partial charge in [0.1, 0.15) is 5.82 Å². The third-order valence-electron chi connectivity index (χ3n) is 3.85. The largest absolute Gasteiger partial charge is 0.356 e. The van der Waals surface area contributed by atoms with E-state index in [1.165, 1.54) is 23.3 Å². The van der Waals surface area contributed by atoms with Gasteiger partial charge in [-0.1, -0.05) is 35.9 Å². The summed E-state index contributed by atoms with van der Waals surface area (Å²) in [6.07, 6.45) is 3.30. The van der Waals surface area contributed by atoms with Gasteiger partial charge < -0.3 is 10.6 Å². The van der Waals surface area contributed by atoms with E-state index in [0.29, 0.717) is 10.8 Å². The first-order chi connectivity index (χ1) is 10.6. The van der Waals surface area contributed by atoms with Gasteiger partial charge in [-0.25, -0.2) is 4.39 Å². The predicted octanol–water partition coefficient (Wildman–Crippen LogP) is 4.84. The van der Waals surface area contributed by atoms with Gasteiger partial charge in [0.05, 0.1) is 11.1 Å². The van der Waals surface area contributed by atoms with E-state index >= 15 is 0 Å². The van der Waals surface area contributed by atoms with Crippen LogP contribution < -0.4 is 10.6 Å². The van der Waals surface area contributed by atoms with Gasteiger partial charge in [-0.15, -0.1) is 0 Å². The number of hydrogen-bond acceptors (Lipinski definition) is 1. The minimum Gasteiger partial charge on any atom is -0.356 e. The van der Waals surface area contributed by atoms with Gasteiger partial charge in [0, 0.05) is 5.69 Å². The number of benzene rings is 2. The van der Waals surface area contributed by atoms with Gasteiger partial charge in [-0.05, 0) is 60.8 Å². The molecule has 114 valence electrons. The Balaban J connectivity index is 1.69. The van der Waals surface area contributed by atoms with Crippen molar-refractivity contribution >= 4 is 34.6 Å². The summed E-state index contributed by atoms with van der Waals surface area (Å²) < 4.78 is 13.2. The molecule has 1 aliphatic carbocycles. The summed E-state index contributed by atoms with van der Waals surface area (Å²) in [6.45, 7) is 0. The third kappa shape index (κ3) is 3.39. The Bertz CT molecular complexity index is 705. The number of fused-ring (bicyclic) bond motifs is 1. The number of nitrogens with one attached hydrogen (secondary N) is 2. The van der Waals surface area contributed by atoms with Crippen molar-refractivity contribution in [3.05, 3.63) is 64.4 Å². The van der Waals surface area contributed by atoms with Crippen LogP contribution in [0.15, 0.2) is 42.5 Å². The van der Waals surface area contributed by atoms with E-state index in [2.05, 4.69) is 34.9 Å². The molecule has 0 fully saturated rings. The smallest absolute Gasteiger partial charge is 0.171 e. The molecule has 3 rings (SSSR count). The zero-order valence-corrected chi connectivity index (χ0v) is 13.5. The fourth-order valence-electron chi connectivity index (χ4n) is 2.80. The second-order valence-electron chi connectivity index (χ2n) is 5.37. The molecule has 0 aromatic heterocycles. The van der Waals surface area contributed by atoms with E-state index in [-0.39, 0.29) is 11.1 Å². The SMILES string of the molecule is Fc1ccc(NC(=S)NC2CCCc3ccccc32)cc1Cl. The van der Waals surface area contributed by atoms with Crippen LogP contribution in [0, 0.1) is 5.82 Å². The lowest BCUT2D eigenvalue weighted by molar-refractivity contribution is 0.529. The van der Waals surface area contributed by atoms with Gasteiger partial charge >= 0.3 is 0 Å². The summed E-state index contributed by atoms with van der Waals surface area (Å²) in [4.78, 5) is 0. The highest BCUT2D eigenvalue weighted by atomic mass is 35.5. The average Bonchev–Trinajstić information content (AvgIpc) is 2.51. The van der Waals surface area contributed by atoms with Crippen molar-refractivity contribution in [3.63, 3.8) is 0 Å². The Morgan fingerprint density at radius 1 is 1.23 bits per heavy atom. The van der Waals surface area contributed by atoms with Crippen LogP contribution in [-0.2, 0) is 6.42 Å². The Morgan fingerprint density at radius 3 is 2.86 bits per heavy atom. The summed E-state index contributed by atoms with van der Waals surface area (Å²) in [5, 5.41) is 7.00. The quantitative estimate of drug-likeness (QED) is 0.768. The molecule has 2 aromatic carbocycles. The van der Waals surface area contributed by atoms with Crippen LogP contribution in [0.2, 0.25) is 5.02 Å². The number of hydrogen-bond donors (Lipinski definition) is 2. The second kappa shape index (κ2) is 6.63. The monoisotopic (exact) mass is 334 g/mol. The van der Waals surface area contributed by atoms with E-state index in [0.717, 1.165) is 19.3 Å². The van der Waals surface area contributed by atoms with Crippen molar-refractivity contribution in [2.75, 3.05) is 5.32 Å². The number of anilines is 1. The highest BCUT2D eigenvalue weighted by molar-refractivity contribution is 7.80. The van der Waals surface area contributed by atoms with E-state index in [4.69, 9.17) is 23.8 Å². The molecule has 1 aliphatic rings. The molecule has 0 aliphatic heterocycles. The summed E-state index contributed by atoms with van der Waals surface area (Å²) in [6, 6.07) is 13.1. The topological polar surface area (TPSA) is 24.1 Å². The van der Waals surface area contributed by atoms with Crippen molar-refractivity contribution in [1.82, 2.24) is 5.32 Å². The molecule has 0 heterocycles. The van der Waals surface area contributed by atoms with Crippen molar-refractivity contribution in [2.45, 2.75) is 25.3 Å². The average molecular weight is 335 g/mol. The maximum atomic E-state index is 13.2. The van der Waals surface area contributed by atoms with Gasteiger partial charge in [0.25, 0.3) is 0 Å². The summed E-state index contributed by atoms with van der Waals surface area (Å²) in [5.41, 5.74) is 3.35. The van der Waals surface area contributed by atoms with E-state index in [1.807, 2.05) is 0 Å². The maximum Gasteiger partial charge on any atom is 0.171 e. The van der Waals surface area contributed by atoms with Gasteiger partial charge in [-0.3, -0.25) is 0 Å². The normalized spacial score (nSPS) is 16.7. The fourth-order valence-corrected chi connectivity index (χ4v) is 3.24. The highest BCUT2D eigenvalue weighted by Gasteiger charge is 2.20. The van der Waals surface area contributed by atoms with Crippen LogP contribution in [0.3, 0.4) is 0 Å². The van der Waals surface area contributed by atoms with Gasteiger partial charge in [0.2, 0.25) is 0 Å². The van der Waals surface area contributed by atoms with E-state index in [9.17, 15) is 4.39 Å². The van der Waals surface area contributed by atoms with Crippen LogP contribution in [-0.4, -0.2) is 5.11 Å². The van der Waals surface area contributed by atoms with Gasteiger partial charge in [-0.2, -0.15) is 0 Å². The number of aryl methyl sites for hydroxylation is 1. The molecule has 5 heteroatoms. The van der Waals surface area contributed by atoms with Crippen LogP contribution >= 0.6 is 23.8 Å². The fraction of sp³-hybridized carbons (Fsp3) is 0.235. The Hall–Kier alpha value is -1.65. The molecule has 2 N–H and O–H groups in total. The predicted molar refractivity (Wildman–Crippen MR) is 92.9 cm³/mol. The molecule has 22 heavy (non-hydrogen) atoms. The summed E-state index contributed by atoms with van der Waals surface area (Å²) in [5.74, 6) is -0.438. The zero-order valence-electron chi connectivity index (χ0n) is 11.9. The first kappa shape index (κ1) is 15.3. The number of thiocarbonyl (C=S) groups is 1. The molecular weight excluding hydrogens is 319 g/mol. The lowest BCUT2D eigenvalue weighted by Gasteiger charge is -2.27. The Kier molecular flexibility index (Phi) is 4.60. The van der Waals surface area contributed by atoms with Crippen molar-refractivity contribution in [1.29, 1.82) is 0 Å². The standard InChI is InChI=1S/C17H16ClFN2S/c18-14-10-12(8-9-15(14)19)20-17(22)21-16-7-3-5-11-4-1-2-6-13(11)16/h1-2,4,6,8-10,16H,3,5,7H2,(H2,20,21,22). The van der Waals surface area contributed by atoms with E-state index in [1.54, 1.807) is 6.07 Å². The molecule has 0 saturated carbocycles.